The van der Waals surface area contributed by atoms with Crippen molar-refractivity contribution in [3.05, 3.63) is 0 Å². The molecule has 0 saturated carbocycles. The highest BCUT2D eigenvalue weighted by atomic mass is 16.2. The van der Waals surface area contributed by atoms with E-state index in [0.29, 0.717) is 0 Å². The van der Waals surface area contributed by atoms with Crippen molar-refractivity contribution >= 4 is 6.03 Å². The molecule has 0 aliphatic carbocycles. The first-order valence-electron chi connectivity index (χ1n) is 10.7. The van der Waals surface area contributed by atoms with E-state index in [0.717, 1.165) is 18.9 Å². The average Bonchev–Trinajstić information content (AvgIpc) is 2.53. The molecular formula is C21H44N2O. The van der Waals surface area contributed by atoms with Gasteiger partial charge in [0.15, 0.2) is 0 Å². The highest BCUT2D eigenvalue weighted by molar-refractivity contribution is 5.71. The molecule has 0 radical (unpaired) electrons. The number of carbonyl (C=O) groups excluding carboxylic acids is 1. The smallest absolute Gasteiger partial charge is 0.312 e. The number of nitrogens with two attached hydrogens (primary N) is 1. The van der Waals surface area contributed by atoms with Gasteiger partial charge in [-0.25, -0.2) is 4.79 Å². The van der Waals surface area contributed by atoms with Gasteiger partial charge < -0.3 is 11.1 Å². The third-order valence-electron chi connectivity index (χ3n) is 4.76. The van der Waals surface area contributed by atoms with Crippen molar-refractivity contribution in [2.45, 2.75) is 117 Å². The minimum atomic E-state index is -0.402. The molecule has 0 aromatic carbocycles. The number of hydrogen-bond donors (Lipinski definition) is 2. The monoisotopic (exact) mass is 340 g/mol. The zero-order valence-electron chi connectivity index (χ0n) is 16.6. The molecule has 0 aliphatic heterocycles. The summed E-state index contributed by atoms with van der Waals surface area (Å²) in [6, 6.07) is -0.402. The predicted octanol–water partition coefficient (Wildman–Crippen LogP) is 6.55. The highest BCUT2D eigenvalue weighted by Crippen LogP contribution is 2.14. The van der Waals surface area contributed by atoms with E-state index in [-0.39, 0.29) is 0 Å². The summed E-state index contributed by atoms with van der Waals surface area (Å²) in [7, 11) is 0. The van der Waals surface area contributed by atoms with Gasteiger partial charge in [0.2, 0.25) is 0 Å². The molecule has 0 aromatic heterocycles. The van der Waals surface area contributed by atoms with E-state index in [1.54, 1.807) is 0 Å². The Hall–Kier alpha value is -0.730. The molecule has 24 heavy (non-hydrogen) atoms. The molecule has 0 spiro atoms. The number of primary amides is 1. The normalized spacial score (nSPS) is 11.1. The van der Waals surface area contributed by atoms with Gasteiger partial charge in [-0.2, -0.15) is 0 Å². The Morgan fingerprint density at radius 2 is 1.00 bits per heavy atom. The molecule has 0 aromatic rings. The van der Waals surface area contributed by atoms with Gasteiger partial charge in [0.05, 0.1) is 0 Å². The Balaban J connectivity index is 2.99. The maximum absolute atomic E-state index is 10.5. The summed E-state index contributed by atoms with van der Waals surface area (Å²) in [4.78, 5) is 10.5. The number of rotatable bonds is 18. The molecule has 0 bridgehead atoms. The van der Waals surface area contributed by atoms with E-state index in [1.807, 2.05) is 0 Å². The second kappa shape index (κ2) is 18.6. The molecule has 2 amide bonds. The second-order valence-electron chi connectivity index (χ2n) is 7.78. The van der Waals surface area contributed by atoms with Gasteiger partial charge in [0, 0.05) is 6.54 Å². The number of nitrogens with one attached hydrogen (secondary N) is 1. The summed E-state index contributed by atoms with van der Waals surface area (Å²) < 4.78 is 0. The summed E-state index contributed by atoms with van der Waals surface area (Å²) in [6.45, 7) is 5.38. The van der Waals surface area contributed by atoms with Crippen LogP contribution in [0.1, 0.15) is 117 Å². The standard InChI is InChI=1S/C21H44N2O/c1-20(2)18-16-14-12-10-8-6-4-3-5-7-9-11-13-15-17-19-23-21(22)24/h20H,3-19H2,1-2H3,(H3,22,23,24). The van der Waals surface area contributed by atoms with Crippen molar-refractivity contribution in [3.8, 4) is 0 Å². The Kier molecular flexibility index (Phi) is 18.0. The minimum Gasteiger partial charge on any atom is -0.352 e. The second-order valence-corrected chi connectivity index (χ2v) is 7.78. The fourth-order valence-electron chi connectivity index (χ4n) is 3.19. The van der Waals surface area contributed by atoms with Crippen LogP contribution in [0.2, 0.25) is 0 Å². The lowest BCUT2D eigenvalue weighted by atomic mass is 10.0. The molecule has 0 fully saturated rings. The van der Waals surface area contributed by atoms with E-state index >= 15 is 0 Å². The number of carbonyl (C=O) groups is 1. The van der Waals surface area contributed by atoms with Crippen LogP contribution in [0.5, 0.6) is 0 Å². The number of unbranched alkanes of at least 4 members (excludes halogenated alkanes) is 14. The number of hydrogen-bond acceptors (Lipinski definition) is 1. The first-order valence-corrected chi connectivity index (χ1v) is 10.7. The Morgan fingerprint density at radius 1 is 0.667 bits per heavy atom. The Labute approximate surface area is 151 Å². The van der Waals surface area contributed by atoms with E-state index in [9.17, 15) is 4.79 Å². The van der Waals surface area contributed by atoms with Crippen molar-refractivity contribution < 1.29 is 4.79 Å². The fraction of sp³-hybridized carbons (Fsp3) is 0.952. The molecule has 3 heteroatoms. The third-order valence-corrected chi connectivity index (χ3v) is 4.76. The largest absolute Gasteiger partial charge is 0.352 e. The van der Waals surface area contributed by atoms with Crippen LogP contribution >= 0.6 is 0 Å². The lowest BCUT2D eigenvalue weighted by Gasteiger charge is -2.05. The maximum Gasteiger partial charge on any atom is 0.312 e. The molecule has 144 valence electrons. The van der Waals surface area contributed by atoms with Gasteiger partial charge in [-0.05, 0) is 12.3 Å². The molecule has 0 aliphatic rings. The maximum atomic E-state index is 10.5. The minimum absolute atomic E-state index is 0.402. The van der Waals surface area contributed by atoms with Gasteiger partial charge in [0.1, 0.15) is 0 Å². The first-order chi connectivity index (χ1) is 11.6. The highest BCUT2D eigenvalue weighted by Gasteiger charge is 1.96. The van der Waals surface area contributed by atoms with Crippen LogP contribution < -0.4 is 11.1 Å². The lowest BCUT2D eigenvalue weighted by molar-refractivity contribution is 0.248. The lowest BCUT2D eigenvalue weighted by Crippen LogP contribution is -2.29. The molecule has 0 heterocycles. The summed E-state index contributed by atoms with van der Waals surface area (Å²) in [5.74, 6) is 0.879. The van der Waals surface area contributed by atoms with Crippen molar-refractivity contribution in [1.82, 2.24) is 5.32 Å². The van der Waals surface area contributed by atoms with E-state index in [1.165, 1.54) is 96.3 Å². The fourth-order valence-corrected chi connectivity index (χ4v) is 3.19. The Morgan fingerprint density at radius 3 is 1.33 bits per heavy atom. The summed E-state index contributed by atoms with van der Waals surface area (Å²) >= 11 is 0. The van der Waals surface area contributed by atoms with Gasteiger partial charge in [0.25, 0.3) is 0 Å². The average molecular weight is 341 g/mol. The van der Waals surface area contributed by atoms with Crippen LogP contribution in [0.4, 0.5) is 4.79 Å². The molecule has 3 nitrogen and oxygen atoms in total. The number of urea groups is 1. The molecule has 0 rings (SSSR count). The van der Waals surface area contributed by atoms with Crippen molar-refractivity contribution in [1.29, 1.82) is 0 Å². The number of amides is 2. The summed E-state index contributed by atoms with van der Waals surface area (Å²) in [5.41, 5.74) is 5.02. The molecule has 0 atom stereocenters. The van der Waals surface area contributed by atoms with Crippen molar-refractivity contribution in [3.63, 3.8) is 0 Å². The Bertz CT molecular complexity index is 267. The molecule has 0 saturated heterocycles. The zero-order chi connectivity index (χ0) is 17.9. The molecule has 3 N–H and O–H groups in total. The van der Waals surface area contributed by atoms with E-state index in [2.05, 4.69) is 19.2 Å². The van der Waals surface area contributed by atoms with Crippen LogP contribution in [-0.4, -0.2) is 12.6 Å². The predicted molar refractivity (Wildman–Crippen MR) is 106 cm³/mol. The summed E-state index contributed by atoms with van der Waals surface area (Å²) in [6.07, 6.45) is 22.0. The summed E-state index contributed by atoms with van der Waals surface area (Å²) in [5, 5.41) is 2.64. The van der Waals surface area contributed by atoms with Gasteiger partial charge >= 0.3 is 6.03 Å². The SMILES string of the molecule is CC(C)CCCCCCCCCCCCCCCCCNC(N)=O. The van der Waals surface area contributed by atoms with E-state index < -0.39 is 6.03 Å². The van der Waals surface area contributed by atoms with E-state index in [4.69, 9.17) is 5.73 Å². The van der Waals surface area contributed by atoms with Crippen LogP contribution in [0.3, 0.4) is 0 Å². The van der Waals surface area contributed by atoms with Crippen molar-refractivity contribution in [2.24, 2.45) is 11.7 Å². The van der Waals surface area contributed by atoms with Crippen LogP contribution in [0.25, 0.3) is 0 Å². The van der Waals surface area contributed by atoms with Crippen LogP contribution in [0.15, 0.2) is 0 Å². The van der Waals surface area contributed by atoms with Crippen molar-refractivity contribution in [2.75, 3.05) is 6.54 Å². The van der Waals surface area contributed by atoms with Crippen LogP contribution in [-0.2, 0) is 0 Å². The van der Waals surface area contributed by atoms with Gasteiger partial charge in [-0.1, -0.05) is 110 Å². The molecular weight excluding hydrogens is 296 g/mol. The van der Waals surface area contributed by atoms with Crippen LogP contribution in [0, 0.1) is 5.92 Å². The molecule has 0 unspecified atom stereocenters. The first kappa shape index (κ1) is 23.3. The quantitative estimate of drug-likeness (QED) is 0.273. The van der Waals surface area contributed by atoms with Gasteiger partial charge in [-0.3, -0.25) is 0 Å². The topological polar surface area (TPSA) is 55.1 Å². The zero-order valence-corrected chi connectivity index (χ0v) is 16.6. The third kappa shape index (κ3) is 21.3. The van der Waals surface area contributed by atoms with Gasteiger partial charge in [-0.15, -0.1) is 0 Å².